The van der Waals surface area contributed by atoms with Gasteiger partial charge < -0.3 is 4.90 Å². The van der Waals surface area contributed by atoms with Gasteiger partial charge in [0.15, 0.2) is 11.6 Å². The van der Waals surface area contributed by atoms with E-state index in [0.717, 1.165) is 25.8 Å². The third-order valence-electron chi connectivity index (χ3n) is 2.51. The quantitative estimate of drug-likeness (QED) is 0.787. The Bertz CT molecular complexity index is 352. The Balaban J connectivity index is 2.24. The van der Waals surface area contributed by atoms with Crippen molar-refractivity contribution in [3.05, 3.63) is 23.1 Å². The van der Waals surface area contributed by atoms with E-state index in [9.17, 15) is 4.39 Å². The Kier molecular flexibility index (Phi) is 3.10. The molecule has 0 atom stereocenters. The third-order valence-corrected chi connectivity index (χ3v) is 2.72. The van der Waals surface area contributed by atoms with Crippen molar-refractivity contribution < 1.29 is 4.39 Å². The smallest absolute Gasteiger partial charge is 0.167 e. The molecule has 0 spiro atoms. The summed E-state index contributed by atoms with van der Waals surface area (Å²) in [5.41, 5.74) is 0. The van der Waals surface area contributed by atoms with Gasteiger partial charge in [0, 0.05) is 18.8 Å². The fraction of sp³-hybridized carbons (Fsp3) is 0.545. The minimum absolute atomic E-state index is 0.317. The molecule has 0 N–H and O–H groups in total. The van der Waals surface area contributed by atoms with Crippen LogP contribution in [0.2, 0.25) is 5.02 Å². The van der Waals surface area contributed by atoms with E-state index in [1.165, 1.54) is 12.3 Å². The molecule has 0 unspecified atom stereocenters. The highest BCUT2D eigenvalue weighted by atomic mass is 35.5. The van der Waals surface area contributed by atoms with E-state index in [0.29, 0.717) is 16.9 Å². The van der Waals surface area contributed by atoms with Gasteiger partial charge in [-0.3, -0.25) is 0 Å². The van der Waals surface area contributed by atoms with Gasteiger partial charge in [-0.15, -0.1) is 0 Å². The number of hydrogen-bond donors (Lipinski definition) is 0. The van der Waals surface area contributed by atoms with Crippen LogP contribution in [-0.2, 0) is 0 Å². The van der Waals surface area contributed by atoms with Crippen molar-refractivity contribution in [1.29, 1.82) is 0 Å². The second-order valence-corrected chi connectivity index (χ2v) is 4.32. The van der Waals surface area contributed by atoms with Crippen molar-refractivity contribution >= 4 is 17.4 Å². The lowest BCUT2D eigenvalue weighted by molar-refractivity contribution is 0.605. The average molecular weight is 229 g/mol. The Morgan fingerprint density at radius 3 is 2.87 bits per heavy atom. The first-order valence-corrected chi connectivity index (χ1v) is 5.68. The zero-order valence-corrected chi connectivity index (χ0v) is 9.47. The van der Waals surface area contributed by atoms with Gasteiger partial charge in [0.2, 0.25) is 0 Å². The highest BCUT2D eigenvalue weighted by Gasteiger charge is 2.30. The van der Waals surface area contributed by atoms with Crippen LogP contribution in [0.5, 0.6) is 0 Å². The van der Waals surface area contributed by atoms with Crippen LogP contribution in [0.4, 0.5) is 10.2 Å². The van der Waals surface area contributed by atoms with Gasteiger partial charge in [-0.05, 0) is 25.3 Å². The van der Waals surface area contributed by atoms with Crippen LogP contribution in [0.3, 0.4) is 0 Å². The largest absolute Gasteiger partial charge is 0.351 e. The van der Waals surface area contributed by atoms with E-state index in [2.05, 4.69) is 11.9 Å². The van der Waals surface area contributed by atoms with E-state index >= 15 is 0 Å². The van der Waals surface area contributed by atoms with E-state index in [-0.39, 0.29) is 5.82 Å². The molecule has 0 amide bonds. The first-order valence-electron chi connectivity index (χ1n) is 5.30. The molecule has 2 rings (SSSR count). The van der Waals surface area contributed by atoms with Crippen molar-refractivity contribution in [2.24, 2.45) is 0 Å². The molecule has 0 radical (unpaired) electrons. The summed E-state index contributed by atoms with van der Waals surface area (Å²) in [4.78, 5) is 6.12. The van der Waals surface area contributed by atoms with E-state index < -0.39 is 0 Å². The summed E-state index contributed by atoms with van der Waals surface area (Å²) < 4.78 is 13.6. The lowest BCUT2D eigenvalue weighted by atomic mass is 10.3. The number of anilines is 1. The topological polar surface area (TPSA) is 16.1 Å². The highest BCUT2D eigenvalue weighted by Crippen LogP contribution is 2.32. The minimum atomic E-state index is -0.317. The molecule has 82 valence electrons. The zero-order valence-electron chi connectivity index (χ0n) is 8.71. The van der Waals surface area contributed by atoms with Crippen LogP contribution in [0, 0.1) is 5.82 Å². The number of pyridine rings is 1. The summed E-state index contributed by atoms with van der Waals surface area (Å²) in [6.45, 7) is 2.94. The van der Waals surface area contributed by atoms with Crippen LogP contribution >= 0.6 is 11.6 Å². The molecule has 4 heteroatoms. The van der Waals surface area contributed by atoms with E-state index in [4.69, 9.17) is 11.6 Å². The number of rotatable bonds is 4. The van der Waals surface area contributed by atoms with Crippen molar-refractivity contribution in [1.82, 2.24) is 4.98 Å². The summed E-state index contributed by atoms with van der Waals surface area (Å²) in [5.74, 6) is 0.131. The van der Waals surface area contributed by atoms with Gasteiger partial charge in [0.05, 0.1) is 5.02 Å². The fourth-order valence-electron chi connectivity index (χ4n) is 1.71. The molecule has 1 aromatic rings. The molecule has 1 fully saturated rings. The molecule has 1 aliphatic carbocycles. The maximum absolute atomic E-state index is 13.6. The molecular weight excluding hydrogens is 215 g/mol. The maximum Gasteiger partial charge on any atom is 0.167 e. The van der Waals surface area contributed by atoms with E-state index in [1.807, 2.05) is 4.90 Å². The van der Waals surface area contributed by atoms with E-state index in [1.54, 1.807) is 0 Å². The van der Waals surface area contributed by atoms with Crippen LogP contribution in [0.25, 0.3) is 0 Å². The van der Waals surface area contributed by atoms with Gasteiger partial charge >= 0.3 is 0 Å². The van der Waals surface area contributed by atoms with Crippen molar-refractivity contribution in [3.8, 4) is 0 Å². The Hall–Kier alpha value is -0.830. The fourth-order valence-corrected chi connectivity index (χ4v) is 1.85. The lowest BCUT2D eigenvalue weighted by Crippen LogP contribution is -2.28. The zero-order chi connectivity index (χ0) is 10.8. The van der Waals surface area contributed by atoms with Crippen molar-refractivity contribution in [2.45, 2.75) is 32.2 Å². The molecule has 15 heavy (non-hydrogen) atoms. The monoisotopic (exact) mass is 228 g/mol. The number of nitrogens with zero attached hydrogens (tertiary/aromatic N) is 2. The van der Waals surface area contributed by atoms with Crippen LogP contribution in [0.15, 0.2) is 12.3 Å². The Morgan fingerprint density at radius 1 is 1.60 bits per heavy atom. The van der Waals surface area contributed by atoms with Crippen LogP contribution in [-0.4, -0.2) is 17.6 Å². The molecule has 0 aromatic carbocycles. The van der Waals surface area contributed by atoms with Crippen LogP contribution in [0.1, 0.15) is 26.2 Å². The lowest BCUT2D eigenvalue weighted by Gasteiger charge is -2.23. The number of aromatic nitrogens is 1. The standard InChI is InChI=1S/C11H14ClFN2/c1-2-5-15(9-3-4-9)11-10(13)6-8(12)7-14-11/h6-7,9H,2-5H2,1H3. The molecule has 0 aliphatic heterocycles. The molecule has 1 saturated carbocycles. The SMILES string of the molecule is CCCN(c1ncc(Cl)cc1F)C1CC1. The molecule has 1 aliphatic rings. The summed E-state index contributed by atoms with van der Waals surface area (Å²) in [6, 6.07) is 1.81. The molecule has 1 aromatic heterocycles. The Labute approximate surface area is 94.1 Å². The second kappa shape index (κ2) is 4.35. The number of hydrogen-bond acceptors (Lipinski definition) is 2. The molecule has 0 bridgehead atoms. The highest BCUT2D eigenvalue weighted by molar-refractivity contribution is 6.30. The number of halogens is 2. The van der Waals surface area contributed by atoms with Gasteiger partial charge in [-0.1, -0.05) is 18.5 Å². The summed E-state index contributed by atoms with van der Waals surface area (Å²) in [6.07, 6.45) is 4.79. The maximum atomic E-state index is 13.6. The molecule has 2 nitrogen and oxygen atoms in total. The van der Waals surface area contributed by atoms with Gasteiger partial charge in [0.25, 0.3) is 0 Å². The molecule has 1 heterocycles. The predicted molar refractivity (Wildman–Crippen MR) is 59.9 cm³/mol. The van der Waals surface area contributed by atoms with Crippen molar-refractivity contribution in [3.63, 3.8) is 0 Å². The van der Waals surface area contributed by atoms with Gasteiger partial charge in [-0.25, -0.2) is 9.37 Å². The summed E-state index contributed by atoms with van der Waals surface area (Å²) in [7, 11) is 0. The second-order valence-electron chi connectivity index (χ2n) is 3.88. The first kappa shape index (κ1) is 10.7. The first-order chi connectivity index (χ1) is 7.22. The van der Waals surface area contributed by atoms with Gasteiger partial charge in [-0.2, -0.15) is 0 Å². The minimum Gasteiger partial charge on any atom is -0.351 e. The van der Waals surface area contributed by atoms with Gasteiger partial charge in [0.1, 0.15) is 0 Å². The third kappa shape index (κ3) is 2.40. The normalized spacial score (nSPS) is 15.4. The summed E-state index contributed by atoms with van der Waals surface area (Å²) in [5, 5.41) is 0.350. The predicted octanol–water partition coefficient (Wildman–Crippen LogP) is 3.25. The molecular formula is C11H14ClFN2. The van der Waals surface area contributed by atoms with Crippen LogP contribution < -0.4 is 4.90 Å². The average Bonchev–Trinajstić information content (AvgIpc) is 2.98. The Morgan fingerprint density at radius 2 is 2.33 bits per heavy atom. The van der Waals surface area contributed by atoms with Crippen molar-refractivity contribution in [2.75, 3.05) is 11.4 Å². The molecule has 0 saturated heterocycles. The summed E-state index contributed by atoms with van der Waals surface area (Å²) >= 11 is 5.67.